The molecule has 0 aromatic rings. The van der Waals surface area contributed by atoms with Gasteiger partial charge in [0.1, 0.15) is 0 Å². The first kappa shape index (κ1) is 18.3. The predicted octanol–water partition coefficient (Wildman–Crippen LogP) is -3.93. The average Bonchev–Trinajstić information content (AvgIpc) is 2.67. The Balaban J connectivity index is 0.00000200. The molecule has 1 atom stereocenters. The van der Waals surface area contributed by atoms with Crippen molar-refractivity contribution in [1.82, 2.24) is 9.80 Å². The third kappa shape index (κ3) is 5.22. The molecule has 2 aliphatic heterocycles. The predicted molar refractivity (Wildman–Crippen MR) is 65.7 cm³/mol. The molecule has 7 nitrogen and oxygen atoms in total. The van der Waals surface area contributed by atoms with Crippen molar-refractivity contribution >= 4 is 19.2 Å². The minimum atomic E-state index is -3.59. The summed E-state index contributed by atoms with van der Waals surface area (Å²) in [5.41, 5.74) is 0. The van der Waals surface area contributed by atoms with Crippen LogP contribution < -0.4 is 34.5 Å². The normalized spacial score (nSPS) is 23.6. The molecule has 0 aromatic heterocycles. The number of nitrogens with zero attached hydrogens (tertiary/aromatic N) is 2. The summed E-state index contributed by atoms with van der Waals surface area (Å²) in [6.45, 7) is 2.29. The van der Waals surface area contributed by atoms with Crippen molar-refractivity contribution in [1.29, 1.82) is 0 Å². The molecule has 0 N–H and O–H groups in total. The SMILES string of the molecule is O=C1CCC(=O)N1CCP(=O)([O-])CN1CCOCC1.[Na+]. The van der Waals surface area contributed by atoms with Crippen LogP contribution in [-0.4, -0.2) is 66.9 Å². The maximum Gasteiger partial charge on any atom is 1.00 e. The Labute approximate surface area is 140 Å². The van der Waals surface area contributed by atoms with E-state index in [1.807, 2.05) is 4.90 Å². The molecular formula is C11H18N2NaO5P. The Kier molecular flexibility index (Phi) is 7.35. The Hall–Kier alpha value is 0.250. The van der Waals surface area contributed by atoms with Crippen LogP contribution in [-0.2, 0) is 18.9 Å². The Morgan fingerprint density at radius 2 is 1.70 bits per heavy atom. The second kappa shape index (κ2) is 8.03. The maximum atomic E-state index is 12.0. The van der Waals surface area contributed by atoms with Gasteiger partial charge in [-0.1, -0.05) is 0 Å². The van der Waals surface area contributed by atoms with E-state index in [0.29, 0.717) is 26.3 Å². The fourth-order valence-corrected chi connectivity index (χ4v) is 3.78. The number of carbonyl (C=O) groups excluding carboxylic acids is 2. The number of hydrogen-bond donors (Lipinski definition) is 0. The molecule has 2 amide bonds. The van der Waals surface area contributed by atoms with Crippen molar-refractivity contribution in [2.45, 2.75) is 12.8 Å². The number of hydrogen-bond acceptors (Lipinski definition) is 6. The van der Waals surface area contributed by atoms with Crippen LogP contribution in [0.15, 0.2) is 0 Å². The first-order chi connectivity index (χ1) is 8.98. The largest absolute Gasteiger partial charge is 1.00 e. The number of imide groups is 1. The van der Waals surface area contributed by atoms with Gasteiger partial charge in [-0.3, -0.25) is 19.4 Å². The molecule has 1 unspecified atom stereocenters. The van der Waals surface area contributed by atoms with Crippen molar-refractivity contribution < 1.29 is 53.3 Å². The third-order valence-electron chi connectivity index (χ3n) is 3.34. The molecule has 2 rings (SSSR count). The summed E-state index contributed by atoms with van der Waals surface area (Å²) in [6, 6.07) is 0. The van der Waals surface area contributed by atoms with E-state index in [1.165, 1.54) is 0 Å². The monoisotopic (exact) mass is 312 g/mol. The summed E-state index contributed by atoms with van der Waals surface area (Å²) in [5.74, 6) is -0.534. The van der Waals surface area contributed by atoms with E-state index < -0.39 is 7.37 Å². The molecular weight excluding hydrogens is 294 g/mol. The number of rotatable bonds is 5. The third-order valence-corrected chi connectivity index (χ3v) is 5.05. The van der Waals surface area contributed by atoms with Crippen LogP contribution in [0.2, 0.25) is 0 Å². The van der Waals surface area contributed by atoms with Crippen LogP contribution in [0.5, 0.6) is 0 Å². The molecule has 0 bridgehead atoms. The maximum absolute atomic E-state index is 12.0. The zero-order valence-corrected chi connectivity index (χ0v) is 14.6. The minimum absolute atomic E-state index is 0. The van der Waals surface area contributed by atoms with Gasteiger partial charge in [0.05, 0.1) is 13.2 Å². The van der Waals surface area contributed by atoms with Crippen molar-refractivity contribution in [3.63, 3.8) is 0 Å². The number of morpholine rings is 1. The topological polar surface area (TPSA) is 90.0 Å². The van der Waals surface area contributed by atoms with E-state index >= 15 is 0 Å². The van der Waals surface area contributed by atoms with Crippen molar-refractivity contribution in [2.24, 2.45) is 0 Å². The average molecular weight is 312 g/mol. The van der Waals surface area contributed by atoms with Crippen LogP contribution in [0.4, 0.5) is 0 Å². The Bertz CT molecular complexity index is 398. The van der Waals surface area contributed by atoms with Crippen LogP contribution in [0.1, 0.15) is 12.8 Å². The molecule has 2 aliphatic rings. The summed E-state index contributed by atoms with van der Waals surface area (Å²) >= 11 is 0. The van der Waals surface area contributed by atoms with Crippen LogP contribution in [0, 0.1) is 0 Å². The molecule has 2 heterocycles. The Morgan fingerprint density at radius 3 is 2.25 bits per heavy atom. The standard InChI is InChI=1S/C11H19N2O5P.Na/c14-10-1-2-11(15)13(10)5-8-19(16,17)9-12-3-6-18-7-4-12;/h1-9H2,(H,16,17);/q;+1/p-1. The molecule has 0 aliphatic carbocycles. The van der Waals surface area contributed by atoms with Crippen LogP contribution in [0.3, 0.4) is 0 Å². The molecule has 0 aromatic carbocycles. The van der Waals surface area contributed by atoms with Gasteiger partial charge in [0.25, 0.3) is 0 Å². The van der Waals surface area contributed by atoms with Crippen LogP contribution >= 0.6 is 7.37 Å². The fraction of sp³-hybridized carbons (Fsp3) is 0.818. The van der Waals surface area contributed by atoms with Gasteiger partial charge in [-0.25, -0.2) is 0 Å². The van der Waals surface area contributed by atoms with E-state index in [-0.39, 0.29) is 73.2 Å². The molecule has 9 heteroatoms. The summed E-state index contributed by atoms with van der Waals surface area (Å²) < 4.78 is 17.1. The first-order valence-electron chi connectivity index (χ1n) is 6.40. The zero-order chi connectivity index (χ0) is 13.9. The van der Waals surface area contributed by atoms with Crippen molar-refractivity contribution in [3.8, 4) is 0 Å². The zero-order valence-electron chi connectivity index (χ0n) is 11.7. The van der Waals surface area contributed by atoms with E-state index in [0.717, 1.165) is 4.90 Å². The van der Waals surface area contributed by atoms with E-state index in [1.54, 1.807) is 0 Å². The van der Waals surface area contributed by atoms with Gasteiger partial charge in [0.2, 0.25) is 11.8 Å². The Morgan fingerprint density at radius 1 is 1.15 bits per heavy atom. The van der Waals surface area contributed by atoms with Crippen LogP contribution in [0.25, 0.3) is 0 Å². The summed E-state index contributed by atoms with van der Waals surface area (Å²) in [5, 5.41) is 0. The van der Waals surface area contributed by atoms with Gasteiger partial charge >= 0.3 is 29.6 Å². The molecule has 0 saturated carbocycles. The van der Waals surface area contributed by atoms with E-state index in [9.17, 15) is 19.0 Å². The number of amides is 2. The minimum Gasteiger partial charge on any atom is -0.798 e. The van der Waals surface area contributed by atoms with Gasteiger partial charge in [-0.2, -0.15) is 0 Å². The second-order valence-electron chi connectivity index (χ2n) is 4.85. The fourth-order valence-electron chi connectivity index (χ4n) is 2.24. The summed E-state index contributed by atoms with van der Waals surface area (Å²) in [6.07, 6.45) is 0.255. The van der Waals surface area contributed by atoms with Gasteiger partial charge < -0.3 is 14.2 Å². The van der Waals surface area contributed by atoms with Gasteiger partial charge in [0, 0.05) is 52.3 Å². The molecule has 0 radical (unpaired) electrons. The number of ether oxygens (including phenoxy) is 1. The molecule has 2 saturated heterocycles. The second-order valence-corrected chi connectivity index (χ2v) is 7.21. The van der Waals surface area contributed by atoms with E-state index in [2.05, 4.69) is 0 Å². The molecule has 20 heavy (non-hydrogen) atoms. The van der Waals surface area contributed by atoms with E-state index in [4.69, 9.17) is 4.74 Å². The summed E-state index contributed by atoms with van der Waals surface area (Å²) in [7, 11) is -3.59. The van der Waals surface area contributed by atoms with Crippen molar-refractivity contribution in [2.75, 3.05) is 45.3 Å². The van der Waals surface area contributed by atoms with Gasteiger partial charge in [0.15, 0.2) is 0 Å². The number of carbonyl (C=O) groups is 2. The number of likely N-dealkylation sites (tertiary alicyclic amines) is 1. The molecule has 2 fully saturated rings. The van der Waals surface area contributed by atoms with Crippen molar-refractivity contribution in [3.05, 3.63) is 0 Å². The summed E-state index contributed by atoms with van der Waals surface area (Å²) in [4.78, 5) is 37.6. The van der Waals surface area contributed by atoms with Gasteiger partial charge in [-0.15, -0.1) is 0 Å². The molecule has 108 valence electrons. The smallest absolute Gasteiger partial charge is 0.798 e. The molecule has 0 spiro atoms. The first-order valence-corrected chi connectivity index (χ1v) is 8.40. The quantitative estimate of drug-likeness (QED) is 0.293. The van der Waals surface area contributed by atoms with Gasteiger partial charge in [-0.05, 0) is 0 Å².